The van der Waals surface area contributed by atoms with Gasteiger partial charge in [0.2, 0.25) is 0 Å². The van der Waals surface area contributed by atoms with Crippen LogP contribution in [0.15, 0.2) is 42.5 Å². The highest BCUT2D eigenvalue weighted by Gasteiger charge is 2.29. The SMILES string of the molecule is N.O=C1c2ccccc2C(=O)c2cc(CO)ccc21. The highest BCUT2D eigenvalue weighted by molar-refractivity contribution is 6.28. The normalized spacial score (nSPS) is 12.5. The molecule has 0 fully saturated rings. The number of hydrogen-bond acceptors (Lipinski definition) is 4. The van der Waals surface area contributed by atoms with Crippen molar-refractivity contribution in [1.82, 2.24) is 6.15 Å². The van der Waals surface area contributed by atoms with E-state index in [1.807, 2.05) is 0 Å². The van der Waals surface area contributed by atoms with Crippen LogP contribution < -0.4 is 6.15 Å². The van der Waals surface area contributed by atoms with Gasteiger partial charge in [-0.15, -0.1) is 0 Å². The minimum absolute atomic E-state index is 0. The van der Waals surface area contributed by atoms with E-state index in [1.165, 1.54) is 0 Å². The standard InChI is InChI=1S/C15H10O3.H3N/c16-8-9-5-6-12-13(7-9)15(18)11-4-2-1-3-10(11)14(12)17;/h1-7,16H,8H2;1H3. The lowest BCUT2D eigenvalue weighted by atomic mass is 9.83. The van der Waals surface area contributed by atoms with E-state index >= 15 is 0 Å². The van der Waals surface area contributed by atoms with Gasteiger partial charge in [-0.2, -0.15) is 0 Å². The Bertz CT molecular complexity index is 677. The maximum Gasteiger partial charge on any atom is 0.194 e. The van der Waals surface area contributed by atoms with Crippen LogP contribution in [0.25, 0.3) is 0 Å². The molecule has 2 aromatic rings. The van der Waals surface area contributed by atoms with E-state index in [2.05, 4.69) is 0 Å². The Morgan fingerprint density at radius 3 is 1.89 bits per heavy atom. The summed E-state index contributed by atoms with van der Waals surface area (Å²) in [5.74, 6) is -0.291. The van der Waals surface area contributed by atoms with Crippen molar-refractivity contribution in [2.45, 2.75) is 6.61 Å². The van der Waals surface area contributed by atoms with Gasteiger partial charge in [0, 0.05) is 22.3 Å². The molecule has 0 radical (unpaired) electrons. The summed E-state index contributed by atoms with van der Waals surface area (Å²) in [4.78, 5) is 24.5. The second kappa shape index (κ2) is 4.76. The highest BCUT2D eigenvalue weighted by Crippen LogP contribution is 2.27. The predicted octanol–water partition coefficient (Wildman–Crippen LogP) is 2.12. The maximum atomic E-state index is 12.3. The molecule has 0 unspecified atom stereocenters. The van der Waals surface area contributed by atoms with Gasteiger partial charge in [0.15, 0.2) is 11.6 Å². The van der Waals surface area contributed by atoms with Crippen molar-refractivity contribution in [3.8, 4) is 0 Å². The minimum atomic E-state index is -0.157. The zero-order chi connectivity index (χ0) is 12.7. The number of hydrogen-bond donors (Lipinski definition) is 2. The molecule has 0 heterocycles. The quantitative estimate of drug-likeness (QED) is 0.697. The molecule has 4 nitrogen and oxygen atoms in total. The Morgan fingerprint density at radius 2 is 1.32 bits per heavy atom. The van der Waals surface area contributed by atoms with Crippen molar-refractivity contribution in [1.29, 1.82) is 0 Å². The van der Waals surface area contributed by atoms with Crippen LogP contribution in [-0.4, -0.2) is 16.7 Å². The number of carbonyl (C=O) groups is 2. The molecule has 1 aliphatic rings. The Labute approximate surface area is 110 Å². The van der Waals surface area contributed by atoms with Crippen LogP contribution in [0.3, 0.4) is 0 Å². The number of aliphatic hydroxyl groups excluding tert-OH is 1. The third-order valence-electron chi connectivity index (χ3n) is 3.17. The molecule has 0 aliphatic heterocycles. The van der Waals surface area contributed by atoms with Gasteiger partial charge in [-0.1, -0.05) is 30.3 Å². The van der Waals surface area contributed by atoms with Gasteiger partial charge in [0.05, 0.1) is 6.61 Å². The van der Waals surface area contributed by atoms with E-state index < -0.39 is 0 Å². The Balaban J connectivity index is 0.00000133. The number of aliphatic hydroxyl groups is 1. The number of ketones is 2. The Morgan fingerprint density at radius 1 is 0.789 bits per heavy atom. The van der Waals surface area contributed by atoms with Crippen LogP contribution in [-0.2, 0) is 6.61 Å². The summed E-state index contributed by atoms with van der Waals surface area (Å²) < 4.78 is 0. The Hall–Kier alpha value is -2.30. The fourth-order valence-corrected chi connectivity index (χ4v) is 2.24. The smallest absolute Gasteiger partial charge is 0.194 e. The molecule has 96 valence electrons. The number of carbonyl (C=O) groups excluding carboxylic acids is 2. The molecule has 0 saturated carbocycles. The molecule has 19 heavy (non-hydrogen) atoms. The summed E-state index contributed by atoms with van der Waals surface area (Å²) in [5, 5.41) is 9.09. The van der Waals surface area contributed by atoms with Crippen LogP contribution >= 0.6 is 0 Å². The van der Waals surface area contributed by atoms with E-state index in [1.54, 1.807) is 42.5 Å². The largest absolute Gasteiger partial charge is 0.392 e. The van der Waals surface area contributed by atoms with Gasteiger partial charge in [0.25, 0.3) is 0 Å². The van der Waals surface area contributed by atoms with Crippen molar-refractivity contribution >= 4 is 11.6 Å². The van der Waals surface area contributed by atoms with Crippen LogP contribution in [0.4, 0.5) is 0 Å². The fraction of sp³-hybridized carbons (Fsp3) is 0.0667. The summed E-state index contributed by atoms with van der Waals surface area (Å²) in [6, 6.07) is 11.7. The molecule has 3 rings (SSSR count). The third kappa shape index (κ3) is 1.87. The van der Waals surface area contributed by atoms with Crippen LogP contribution in [0.2, 0.25) is 0 Å². The van der Waals surface area contributed by atoms with Crippen LogP contribution in [0.5, 0.6) is 0 Å². The molecule has 4 heteroatoms. The summed E-state index contributed by atoms with van der Waals surface area (Å²) in [5.41, 5.74) is 2.31. The first kappa shape index (κ1) is 13.1. The second-order valence-electron chi connectivity index (χ2n) is 4.24. The molecule has 4 N–H and O–H groups in total. The molecule has 0 spiro atoms. The van der Waals surface area contributed by atoms with Crippen LogP contribution in [0, 0.1) is 0 Å². The molecule has 0 atom stereocenters. The van der Waals surface area contributed by atoms with E-state index in [-0.39, 0.29) is 24.3 Å². The van der Waals surface area contributed by atoms with E-state index in [0.29, 0.717) is 27.8 Å². The zero-order valence-corrected chi connectivity index (χ0v) is 10.2. The first-order chi connectivity index (χ1) is 8.72. The van der Waals surface area contributed by atoms with E-state index in [9.17, 15) is 9.59 Å². The van der Waals surface area contributed by atoms with Gasteiger partial charge in [0.1, 0.15) is 0 Å². The van der Waals surface area contributed by atoms with Crippen LogP contribution in [0.1, 0.15) is 37.4 Å². The summed E-state index contributed by atoms with van der Waals surface area (Å²) in [6.45, 7) is -0.142. The van der Waals surface area contributed by atoms with Crippen molar-refractivity contribution in [2.24, 2.45) is 0 Å². The first-order valence-electron chi connectivity index (χ1n) is 5.64. The van der Waals surface area contributed by atoms with Crippen molar-refractivity contribution in [2.75, 3.05) is 0 Å². The molecule has 2 aromatic carbocycles. The molecular weight excluding hydrogens is 242 g/mol. The van der Waals surface area contributed by atoms with Gasteiger partial charge < -0.3 is 11.3 Å². The summed E-state index contributed by atoms with van der Waals surface area (Å²) in [6.07, 6.45) is 0. The number of benzene rings is 2. The fourth-order valence-electron chi connectivity index (χ4n) is 2.24. The van der Waals surface area contributed by atoms with E-state index in [4.69, 9.17) is 5.11 Å². The second-order valence-corrected chi connectivity index (χ2v) is 4.24. The first-order valence-corrected chi connectivity index (χ1v) is 5.64. The summed E-state index contributed by atoms with van der Waals surface area (Å²) >= 11 is 0. The molecule has 0 saturated heterocycles. The highest BCUT2D eigenvalue weighted by atomic mass is 16.3. The van der Waals surface area contributed by atoms with Gasteiger partial charge in [-0.3, -0.25) is 9.59 Å². The van der Waals surface area contributed by atoms with Gasteiger partial charge in [-0.25, -0.2) is 0 Å². The molecule has 0 bridgehead atoms. The van der Waals surface area contributed by atoms with Crippen molar-refractivity contribution in [3.05, 3.63) is 70.3 Å². The molecule has 0 aromatic heterocycles. The zero-order valence-electron chi connectivity index (χ0n) is 10.2. The molecule has 0 amide bonds. The third-order valence-corrected chi connectivity index (χ3v) is 3.17. The van der Waals surface area contributed by atoms with Crippen molar-refractivity contribution in [3.63, 3.8) is 0 Å². The summed E-state index contributed by atoms with van der Waals surface area (Å²) in [7, 11) is 0. The molecular formula is C15H13NO3. The van der Waals surface area contributed by atoms with Gasteiger partial charge in [-0.05, 0) is 17.7 Å². The lowest BCUT2D eigenvalue weighted by molar-refractivity contribution is 0.0979. The number of rotatable bonds is 1. The topological polar surface area (TPSA) is 89.4 Å². The number of fused-ring (bicyclic) bond motifs is 2. The lowest BCUT2D eigenvalue weighted by Gasteiger charge is -2.17. The monoisotopic (exact) mass is 255 g/mol. The molecule has 1 aliphatic carbocycles. The average Bonchev–Trinajstić information content (AvgIpc) is 2.44. The Kier molecular flexibility index (Phi) is 3.29. The van der Waals surface area contributed by atoms with E-state index in [0.717, 1.165) is 0 Å². The van der Waals surface area contributed by atoms with Crippen molar-refractivity contribution < 1.29 is 14.7 Å². The predicted molar refractivity (Wildman–Crippen MR) is 70.7 cm³/mol. The average molecular weight is 255 g/mol. The lowest BCUT2D eigenvalue weighted by Crippen LogP contribution is -2.20. The van der Waals surface area contributed by atoms with Gasteiger partial charge >= 0.3 is 0 Å². The minimum Gasteiger partial charge on any atom is -0.392 e. The maximum absolute atomic E-state index is 12.3.